The van der Waals surface area contributed by atoms with Gasteiger partial charge in [-0.25, -0.2) is 4.98 Å². The van der Waals surface area contributed by atoms with Gasteiger partial charge in [0.1, 0.15) is 0 Å². The normalized spacial score (nSPS) is 10.6. The van der Waals surface area contributed by atoms with Gasteiger partial charge in [0.15, 0.2) is 0 Å². The fourth-order valence-electron chi connectivity index (χ4n) is 2.39. The second-order valence-corrected chi connectivity index (χ2v) is 6.02. The molecule has 0 aliphatic rings. The van der Waals surface area contributed by atoms with Crippen LogP contribution < -0.4 is 10.2 Å². The summed E-state index contributed by atoms with van der Waals surface area (Å²) >= 11 is 0. The van der Waals surface area contributed by atoms with E-state index in [1.54, 1.807) is 0 Å². The first-order valence-corrected chi connectivity index (χ1v) is 7.98. The molecule has 1 amide bonds. The topological polar surface area (TPSA) is 50.2 Å². The maximum atomic E-state index is 11.9. The second kappa shape index (κ2) is 7.81. The van der Waals surface area contributed by atoms with E-state index in [4.69, 9.17) is 0 Å². The third-order valence-corrected chi connectivity index (χ3v) is 4.11. The molecule has 0 bridgehead atoms. The molecule has 23 heavy (non-hydrogen) atoms. The lowest BCUT2D eigenvalue weighted by Gasteiger charge is -2.12. The average Bonchev–Trinajstić information content (AvgIpc) is 2.85. The number of aryl methyl sites for hydroxylation is 2. The van der Waals surface area contributed by atoms with E-state index in [-0.39, 0.29) is 5.91 Å². The molecule has 0 atom stereocenters. The summed E-state index contributed by atoms with van der Waals surface area (Å²) in [7, 11) is 4.04. The lowest BCUT2D eigenvalue weighted by atomic mass is 10.1. The largest absolute Gasteiger partial charge is 0.378 e. The van der Waals surface area contributed by atoms with Crippen molar-refractivity contribution in [3.63, 3.8) is 0 Å². The minimum Gasteiger partial charge on any atom is -0.378 e. The predicted molar refractivity (Wildman–Crippen MR) is 93.8 cm³/mol. The molecule has 0 saturated carbocycles. The van der Waals surface area contributed by atoms with Crippen molar-refractivity contribution >= 4 is 11.6 Å². The Balaban J connectivity index is 1.71. The number of aromatic nitrogens is 2. The van der Waals surface area contributed by atoms with E-state index in [1.807, 2.05) is 34.3 Å². The Hall–Kier alpha value is -2.30. The Morgan fingerprint density at radius 2 is 1.91 bits per heavy atom. The molecule has 0 fully saturated rings. The first-order chi connectivity index (χ1) is 11.0. The Labute approximate surface area is 138 Å². The van der Waals surface area contributed by atoms with Crippen LogP contribution >= 0.6 is 0 Å². The van der Waals surface area contributed by atoms with Gasteiger partial charge in [0.05, 0.1) is 12.0 Å². The monoisotopic (exact) mass is 314 g/mol. The summed E-state index contributed by atoms with van der Waals surface area (Å²) in [5.74, 6) is 0.0937. The number of amides is 1. The van der Waals surface area contributed by atoms with E-state index in [9.17, 15) is 4.79 Å². The fourth-order valence-corrected chi connectivity index (χ4v) is 2.39. The molecule has 5 nitrogen and oxygen atoms in total. The predicted octanol–water partition coefficient (Wildman–Crippen LogP) is 2.31. The Bertz CT molecular complexity index is 644. The summed E-state index contributed by atoms with van der Waals surface area (Å²) in [5, 5.41) is 2.97. The summed E-state index contributed by atoms with van der Waals surface area (Å²) in [4.78, 5) is 18.2. The highest BCUT2D eigenvalue weighted by Gasteiger charge is 2.05. The van der Waals surface area contributed by atoms with Gasteiger partial charge in [-0.15, -0.1) is 0 Å². The zero-order valence-corrected chi connectivity index (χ0v) is 14.5. The van der Waals surface area contributed by atoms with Crippen molar-refractivity contribution in [2.45, 2.75) is 33.2 Å². The van der Waals surface area contributed by atoms with Crippen molar-refractivity contribution in [2.24, 2.45) is 0 Å². The molecular weight excluding hydrogens is 288 g/mol. The number of nitrogens with one attached hydrogen (secondary N) is 1. The Morgan fingerprint density at radius 1 is 1.22 bits per heavy atom. The number of carbonyl (C=O) groups is 1. The summed E-state index contributed by atoms with van der Waals surface area (Å²) in [6, 6.07) is 8.33. The van der Waals surface area contributed by atoms with Crippen LogP contribution in [0, 0.1) is 13.8 Å². The number of imidazole rings is 1. The minimum absolute atomic E-state index is 0.0937. The van der Waals surface area contributed by atoms with Crippen LogP contribution in [0.3, 0.4) is 0 Å². The Morgan fingerprint density at radius 3 is 2.48 bits per heavy atom. The zero-order valence-electron chi connectivity index (χ0n) is 14.5. The van der Waals surface area contributed by atoms with Gasteiger partial charge in [0.25, 0.3) is 0 Å². The van der Waals surface area contributed by atoms with Crippen LogP contribution in [0.25, 0.3) is 0 Å². The fraction of sp³-hybridized carbons (Fsp3) is 0.444. The van der Waals surface area contributed by atoms with Crippen LogP contribution in [0.1, 0.15) is 23.4 Å². The van der Waals surface area contributed by atoms with Crippen LogP contribution in [0.15, 0.2) is 30.6 Å². The quantitative estimate of drug-likeness (QED) is 0.853. The van der Waals surface area contributed by atoms with Crippen LogP contribution in [0.2, 0.25) is 0 Å². The molecule has 0 aliphatic heterocycles. The number of nitrogens with zero attached hydrogens (tertiary/aromatic N) is 3. The van der Waals surface area contributed by atoms with Crippen molar-refractivity contribution < 1.29 is 4.79 Å². The molecule has 0 saturated heterocycles. The Kier molecular flexibility index (Phi) is 5.79. The third-order valence-electron chi connectivity index (χ3n) is 4.11. The summed E-state index contributed by atoms with van der Waals surface area (Å²) in [6.07, 6.45) is 3.11. The van der Waals surface area contributed by atoms with Gasteiger partial charge in [0.2, 0.25) is 5.91 Å². The van der Waals surface area contributed by atoms with E-state index in [1.165, 1.54) is 11.3 Å². The molecule has 1 aromatic carbocycles. The molecule has 1 aromatic heterocycles. The molecule has 0 spiro atoms. The third kappa shape index (κ3) is 4.84. The number of hydrogen-bond donors (Lipinski definition) is 1. The van der Waals surface area contributed by atoms with E-state index in [0.29, 0.717) is 13.0 Å². The molecule has 0 aliphatic carbocycles. The van der Waals surface area contributed by atoms with E-state index in [2.05, 4.69) is 44.0 Å². The smallest absolute Gasteiger partial charge is 0.220 e. The molecule has 2 rings (SSSR count). The van der Waals surface area contributed by atoms with E-state index < -0.39 is 0 Å². The van der Waals surface area contributed by atoms with E-state index in [0.717, 1.165) is 24.4 Å². The van der Waals surface area contributed by atoms with Gasteiger partial charge >= 0.3 is 0 Å². The van der Waals surface area contributed by atoms with Crippen LogP contribution in [0.4, 0.5) is 5.69 Å². The first-order valence-electron chi connectivity index (χ1n) is 7.98. The van der Waals surface area contributed by atoms with Crippen LogP contribution in [0.5, 0.6) is 0 Å². The maximum absolute atomic E-state index is 11.9. The van der Waals surface area contributed by atoms with Gasteiger partial charge in [-0.2, -0.15) is 0 Å². The number of anilines is 1. The molecule has 124 valence electrons. The number of rotatable bonds is 7. The van der Waals surface area contributed by atoms with Crippen molar-refractivity contribution in [1.29, 1.82) is 0 Å². The number of carbonyl (C=O) groups excluding carboxylic acids is 1. The lowest BCUT2D eigenvalue weighted by Crippen LogP contribution is -2.27. The average molecular weight is 314 g/mol. The summed E-state index contributed by atoms with van der Waals surface area (Å²) in [6.45, 7) is 5.43. The molecular formula is C18H26N4O. The van der Waals surface area contributed by atoms with Crippen LogP contribution in [-0.2, 0) is 17.8 Å². The van der Waals surface area contributed by atoms with Crippen LogP contribution in [-0.4, -0.2) is 36.1 Å². The standard InChI is InChI=1S/C18H26N4O/c1-14-15(2)22(13-20-14)12-11-19-18(23)10-7-16-5-8-17(9-6-16)21(3)4/h5-6,8-9,13H,7,10-12H2,1-4H3,(H,19,23). The van der Waals surface area contributed by atoms with Gasteiger partial charge in [0, 0.05) is 45.0 Å². The maximum Gasteiger partial charge on any atom is 0.220 e. The highest BCUT2D eigenvalue weighted by atomic mass is 16.1. The van der Waals surface area contributed by atoms with Crippen molar-refractivity contribution in [3.05, 3.63) is 47.5 Å². The highest BCUT2D eigenvalue weighted by molar-refractivity contribution is 5.76. The zero-order chi connectivity index (χ0) is 16.8. The molecule has 0 radical (unpaired) electrons. The van der Waals surface area contributed by atoms with Gasteiger partial charge in [-0.05, 0) is 38.0 Å². The lowest BCUT2D eigenvalue weighted by molar-refractivity contribution is -0.121. The van der Waals surface area contributed by atoms with Gasteiger partial charge < -0.3 is 14.8 Å². The molecule has 0 unspecified atom stereocenters. The van der Waals surface area contributed by atoms with Crippen molar-refractivity contribution in [2.75, 3.05) is 25.5 Å². The van der Waals surface area contributed by atoms with Gasteiger partial charge in [-0.1, -0.05) is 12.1 Å². The SMILES string of the molecule is Cc1ncn(CCNC(=O)CCc2ccc(N(C)C)cc2)c1C. The van der Waals surface area contributed by atoms with E-state index >= 15 is 0 Å². The number of benzene rings is 1. The first kappa shape index (κ1) is 17.1. The number of hydrogen-bond acceptors (Lipinski definition) is 3. The van der Waals surface area contributed by atoms with Crippen molar-refractivity contribution in [3.8, 4) is 0 Å². The van der Waals surface area contributed by atoms with Crippen molar-refractivity contribution in [1.82, 2.24) is 14.9 Å². The second-order valence-electron chi connectivity index (χ2n) is 6.02. The minimum atomic E-state index is 0.0937. The highest BCUT2D eigenvalue weighted by Crippen LogP contribution is 2.13. The molecule has 1 heterocycles. The van der Waals surface area contributed by atoms with Gasteiger partial charge in [-0.3, -0.25) is 4.79 Å². The molecule has 5 heteroatoms. The molecule has 1 N–H and O–H groups in total. The molecule has 2 aromatic rings. The summed E-state index contributed by atoms with van der Waals surface area (Å²) < 4.78 is 2.07. The summed E-state index contributed by atoms with van der Waals surface area (Å²) in [5.41, 5.74) is 4.55.